The minimum absolute atomic E-state index is 1.18. The van der Waals surface area contributed by atoms with E-state index in [-0.39, 0.29) is 0 Å². The molecule has 0 amide bonds. The molecule has 106 valence electrons. The van der Waals surface area contributed by atoms with E-state index in [9.17, 15) is 0 Å². The van der Waals surface area contributed by atoms with Gasteiger partial charge in [0, 0.05) is 5.37 Å². The number of aryl methyl sites for hydroxylation is 1. The molecule has 1 heteroatoms. The summed E-state index contributed by atoms with van der Waals surface area (Å²) in [5.41, 5.74) is 2.65. The van der Waals surface area contributed by atoms with E-state index in [1.165, 1.54) is 75.3 Å². The molecule has 0 saturated carbocycles. The zero-order valence-electron chi connectivity index (χ0n) is 12.4. The molecule has 0 radical (unpaired) electrons. The summed E-state index contributed by atoms with van der Waals surface area (Å²) in [5.74, 6) is 0. The van der Waals surface area contributed by atoms with Crippen molar-refractivity contribution in [2.45, 2.75) is 71.1 Å². The topological polar surface area (TPSA) is 0 Å². The molecule has 0 aromatic heterocycles. The highest BCUT2D eigenvalue weighted by atomic mass is 32.1. The maximum atomic E-state index is 5.05. The van der Waals surface area contributed by atoms with Crippen molar-refractivity contribution in [3.8, 4) is 0 Å². The van der Waals surface area contributed by atoms with Crippen molar-refractivity contribution in [1.82, 2.24) is 0 Å². The van der Waals surface area contributed by atoms with Gasteiger partial charge in [-0.2, -0.15) is 0 Å². The molecular weight excluding hydrogens is 248 g/mol. The third kappa shape index (κ3) is 7.47. The van der Waals surface area contributed by atoms with E-state index in [1.54, 1.807) is 0 Å². The number of hydrogen-bond acceptors (Lipinski definition) is 1. The third-order valence-electron chi connectivity index (χ3n) is 3.73. The molecule has 1 aromatic carbocycles. The van der Waals surface area contributed by atoms with Crippen LogP contribution in [0.2, 0.25) is 0 Å². The van der Waals surface area contributed by atoms with Crippen molar-refractivity contribution in [2.75, 3.05) is 0 Å². The first kappa shape index (κ1) is 16.4. The summed E-state index contributed by atoms with van der Waals surface area (Å²) in [7, 11) is 0. The van der Waals surface area contributed by atoms with Crippen LogP contribution in [0.5, 0.6) is 0 Å². The lowest BCUT2D eigenvalue weighted by atomic mass is 10.0. The summed E-state index contributed by atoms with van der Waals surface area (Å²) < 4.78 is 0. The second kappa shape index (κ2) is 11.2. The quantitative estimate of drug-likeness (QED) is 0.347. The molecule has 0 saturated heterocycles. The summed E-state index contributed by atoms with van der Waals surface area (Å²) in [5, 5.41) is 1.81. The van der Waals surface area contributed by atoms with Gasteiger partial charge in [-0.3, -0.25) is 0 Å². The van der Waals surface area contributed by atoms with E-state index in [0.717, 1.165) is 0 Å². The number of unbranched alkanes of at least 4 members (excludes halogenated alkanes) is 8. The van der Waals surface area contributed by atoms with E-state index in [4.69, 9.17) is 12.2 Å². The molecule has 0 spiro atoms. The summed E-state index contributed by atoms with van der Waals surface area (Å²) in [6.07, 6.45) is 13.7. The Kier molecular flexibility index (Phi) is 9.61. The van der Waals surface area contributed by atoms with Gasteiger partial charge >= 0.3 is 0 Å². The van der Waals surface area contributed by atoms with Crippen LogP contribution in [0.15, 0.2) is 24.3 Å². The van der Waals surface area contributed by atoms with Gasteiger partial charge in [-0.05, 0) is 24.0 Å². The van der Waals surface area contributed by atoms with E-state index >= 15 is 0 Å². The third-order valence-corrected chi connectivity index (χ3v) is 3.99. The molecule has 0 unspecified atom stereocenters. The first-order chi connectivity index (χ1) is 9.38. The molecular formula is C18H28S. The second-order valence-corrected chi connectivity index (χ2v) is 5.63. The van der Waals surface area contributed by atoms with Crippen LogP contribution in [-0.2, 0) is 6.42 Å². The first-order valence-electron chi connectivity index (χ1n) is 7.91. The van der Waals surface area contributed by atoms with Gasteiger partial charge in [0.2, 0.25) is 0 Å². The lowest BCUT2D eigenvalue weighted by Crippen LogP contribution is -1.92. The lowest BCUT2D eigenvalue weighted by molar-refractivity contribution is 0.565. The van der Waals surface area contributed by atoms with Crippen molar-refractivity contribution in [3.05, 3.63) is 35.4 Å². The molecule has 0 N–H and O–H groups in total. The molecule has 0 nitrogen and oxygen atoms in total. The fourth-order valence-corrected chi connectivity index (χ4v) is 2.73. The van der Waals surface area contributed by atoms with Crippen LogP contribution in [0.4, 0.5) is 0 Å². The predicted molar refractivity (Wildman–Crippen MR) is 90.1 cm³/mol. The summed E-state index contributed by atoms with van der Waals surface area (Å²) in [6, 6.07) is 8.52. The highest BCUT2D eigenvalue weighted by Crippen LogP contribution is 2.13. The standard InChI is InChI=1S/C18H28S/c1-2-3-4-5-6-7-8-9-10-13-17-14-11-12-15-18(17)16-19/h11-12,14-16H,2-10,13H2,1H3. The van der Waals surface area contributed by atoms with E-state index in [2.05, 4.69) is 31.2 Å². The van der Waals surface area contributed by atoms with Gasteiger partial charge < -0.3 is 0 Å². The van der Waals surface area contributed by atoms with Gasteiger partial charge in [0.1, 0.15) is 0 Å². The zero-order chi connectivity index (χ0) is 13.8. The maximum absolute atomic E-state index is 5.05. The van der Waals surface area contributed by atoms with Crippen LogP contribution in [0.1, 0.15) is 75.8 Å². The predicted octanol–water partition coefficient (Wildman–Crippen LogP) is 6.11. The number of hydrogen-bond donors (Lipinski definition) is 0. The van der Waals surface area contributed by atoms with Gasteiger partial charge in [0.05, 0.1) is 0 Å². The van der Waals surface area contributed by atoms with Gasteiger partial charge in [-0.1, -0.05) is 94.8 Å². The molecule has 19 heavy (non-hydrogen) atoms. The zero-order valence-corrected chi connectivity index (χ0v) is 13.2. The van der Waals surface area contributed by atoms with Crippen molar-refractivity contribution in [3.63, 3.8) is 0 Å². The van der Waals surface area contributed by atoms with Gasteiger partial charge in [-0.15, -0.1) is 0 Å². The summed E-state index contributed by atoms with van der Waals surface area (Å²) in [6.45, 7) is 2.28. The molecule has 0 aliphatic carbocycles. The Bertz CT molecular complexity index is 343. The number of thiocarbonyl (C=S) groups is 1. The molecule has 0 bridgehead atoms. The van der Waals surface area contributed by atoms with Crippen molar-refractivity contribution in [2.24, 2.45) is 0 Å². The number of benzene rings is 1. The van der Waals surface area contributed by atoms with Crippen LogP contribution < -0.4 is 0 Å². The van der Waals surface area contributed by atoms with Crippen molar-refractivity contribution >= 4 is 17.6 Å². The van der Waals surface area contributed by atoms with Crippen LogP contribution in [0.25, 0.3) is 0 Å². The van der Waals surface area contributed by atoms with Crippen molar-refractivity contribution in [1.29, 1.82) is 0 Å². The minimum atomic E-state index is 1.18. The van der Waals surface area contributed by atoms with Gasteiger partial charge in [0.15, 0.2) is 0 Å². The average molecular weight is 276 g/mol. The molecule has 1 aromatic rings. The Balaban J connectivity index is 2.03. The van der Waals surface area contributed by atoms with Gasteiger partial charge in [0.25, 0.3) is 0 Å². The average Bonchev–Trinajstić information content (AvgIpc) is 2.46. The summed E-state index contributed by atoms with van der Waals surface area (Å²) >= 11 is 5.05. The fraction of sp³-hybridized carbons (Fsp3) is 0.611. The summed E-state index contributed by atoms with van der Waals surface area (Å²) in [4.78, 5) is 0. The smallest absolute Gasteiger partial charge is 0.00888 e. The molecule has 0 atom stereocenters. The Morgan fingerprint density at radius 1 is 0.842 bits per heavy atom. The molecule has 0 fully saturated rings. The Hall–Kier alpha value is -0.690. The minimum Gasteiger partial charge on any atom is -0.0881 e. The highest BCUT2D eigenvalue weighted by molar-refractivity contribution is 7.79. The SMILES string of the molecule is CCCCCCCCCCCc1ccccc1C=S. The lowest BCUT2D eigenvalue weighted by Gasteiger charge is -2.05. The Labute approximate surface area is 124 Å². The second-order valence-electron chi connectivity index (χ2n) is 5.40. The van der Waals surface area contributed by atoms with Crippen LogP contribution >= 0.6 is 12.2 Å². The largest absolute Gasteiger partial charge is 0.0881 e. The molecule has 0 heterocycles. The Morgan fingerprint density at radius 3 is 2.05 bits per heavy atom. The molecule has 1 rings (SSSR count). The molecule has 0 aliphatic rings. The monoisotopic (exact) mass is 276 g/mol. The van der Waals surface area contributed by atoms with Crippen molar-refractivity contribution < 1.29 is 0 Å². The van der Waals surface area contributed by atoms with Crippen LogP contribution in [0, 0.1) is 0 Å². The molecule has 0 aliphatic heterocycles. The number of rotatable bonds is 11. The van der Waals surface area contributed by atoms with Gasteiger partial charge in [-0.25, -0.2) is 0 Å². The van der Waals surface area contributed by atoms with Crippen LogP contribution in [0.3, 0.4) is 0 Å². The maximum Gasteiger partial charge on any atom is 0.00888 e. The first-order valence-corrected chi connectivity index (χ1v) is 8.38. The normalized spacial score (nSPS) is 10.6. The van der Waals surface area contributed by atoms with E-state index in [1.807, 2.05) is 5.37 Å². The Morgan fingerprint density at radius 2 is 1.42 bits per heavy atom. The highest BCUT2D eigenvalue weighted by Gasteiger charge is 1.98. The fourth-order valence-electron chi connectivity index (χ4n) is 2.50. The van der Waals surface area contributed by atoms with Crippen LogP contribution in [-0.4, -0.2) is 5.37 Å². The van der Waals surface area contributed by atoms with E-state index in [0.29, 0.717) is 0 Å². The van der Waals surface area contributed by atoms with E-state index < -0.39 is 0 Å².